The van der Waals surface area contributed by atoms with Crippen molar-refractivity contribution in [2.75, 3.05) is 7.11 Å². The lowest BCUT2D eigenvalue weighted by Gasteiger charge is -2.02. The molecule has 1 rings (SSSR count). The number of hydrogen-bond acceptors (Lipinski definition) is 5. The van der Waals surface area contributed by atoms with Crippen LogP contribution in [0.1, 0.15) is 24.4 Å². The van der Waals surface area contributed by atoms with Gasteiger partial charge in [-0.25, -0.2) is 4.79 Å². The lowest BCUT2D eigenvalue weighted by molar-refractivity contribution is 0.0554. The molecule has 1 aromatic heterocycles. The van der Waals surface area contributed by atoms with Crippen LogP contribution in [0.5, 0.6) is 5.88 Å². The van der Waals surface area contributed by atoms with E-state index in [1.165, 1.54) is 13.2 Å². The van der Waals surface area contributed by atoms with Crippen molar-refractivity contribution in [3.63, 3.8) is 0 Å². The Balaban J connectivity index is 2.69. The molecule has 0 unspecified atom stereocenters. The van der Waals surface area contributed by atoms with E-state index in [1.54, 1.807) is 0 Å². The second-order valence-electron chi connectivity index (χ2n) is 2.69. The van der Waals surface area contributed by atoms with Crippen LogP contribution in [-0.2, 0) is 4.74 Å². The minimum absolute atomic E-state index is 0.00408. The van der Waals surface area contributed by atoms with E-state index in [0.29, 0.717) is 0 Å². The van der Waals surface area contributed by atoms with Gasteiger partial charge in [0.15, 0.2) is 0 Å². The highest BCUT2D eigenvalue weighted by molar-refractivity contribution is 5.86. The monoisotopic (exact) mass is 185 g/mol. The van der Waals surface area contributed by atoms with E-state index < -0.39 is 5.97 Å². The first kappa shape index (κ1) is 9.57. The highest BCUT2D eigenvalue weighted by Gasteiger charge is 2.14. The molecule has 1 heterocycles. The van der Waals surface area contributed by atoms with E-state index in [9.17, 15) is 4.79 Å². The summed E-state index contributed by atoms with van der Waals surface area (Å²) in [5.74, 6) is -0.236. The topological polar surface area (TPSA) is 61.6 Å². The molecule has 0 atom stereocenters. The van der Waals surface area contributed by atoms with Crippen LogP contribution < -0.4 is 4.74 Å². The molecule has 5 nitrogen and oxygen atoms in total. The molecule has 0 saturated carbocycles. The Morgan fingerprint density at radius 3 is 2.85 bits per heavy atom. The van der Waals surface area contributed by atoms with Crippen molar-refractivity contribution in [3.8, 4) is 5.88 Å². The Kier molecular flexibility index (Phi) is 2.89. The van der Waals surface area contributed by atoms with Crippen molar-refractivity contribution < 1.29 is 18.8 Å². The Labute approximate surface area is 75.6 Å². The molecule has 72 valence electrons. The third-order valence-corrected chi connectivity index (χ3v) is 1.23. The largest absolute Gasteiger partial charge is 0.473 e. The van der Waals surface area contributed by atoms with Crippen LogP contribution in [0.4, 0.5) is 0 Å². The first-order valence-electron chi connectivity index (χ1n) is 3.85. The Morgan fingerprint density at radius 2 is 2.31 bits per heavy atom. The number of esters is 1. The number of nitrogens with zero attached hydrogens (tertiary/aromatic N) is 1. The molecule has 0 spiro atoms. The van der Waals surface area contributed by atoms with Crippen LogP contribution in [0.25, 0.3) is 0 Å². The Hall–Kier alpha value is -1.52. The predicted octanol–water partition coefficient (Wildman–Crippen LogP) is 1.25. The second-order valence-corrected chi connectivity index (χ2v) is 2.69. The van der Waals surface area contributed by atoms with Crippen LogP contribution >= 0.6 is 0 Å². The van der Waals surface area contributed by atoms with Crippen molar-refractivity contribution in [1.82, 2.24) is 5.16 Å². The summed E-state index contributed by atoms with van der Waals surface area (Å²) in [5.41, 5.74) is 0. The summed E-state index contributed by atoms with van der Waals surface area (Å²) in [6, 6.07) is 1.39. The van der Waals surface area contributed by atoms with Gasteiger partial charge in [0.2, 0.25) is 5.76 Å². The average molecular weight is 185 g/mol. The van der Waals surface area contributed by atoms with Gasteiger partial charge in [0.1, 0.15) is 0 Å². The molecule has 0 aliphatic carbocycles. The summed E-state index contributed by atoms with van der Waals surface area (Å²) in [4.78, 5) is 10.9. The quantitative estimate of drug-likeness (QED) is 0.663. The zero-order valence-electron chi connectivity index (χ0n) is 7.73. The summed E-state index contributed by atoms with van der Waals surface area (Å²) in [7, 11) is 1.27. The number of aromatic nitrogens is 1. The van der Waals surface area contributed by atoms with E-state index in [-0.39, 0.29) is 17.7 Å². The standard InChI is InChI=1S/C8H11NO4/c1-5(2)12-7-4-6(13-9-7)8(10)11-3/h4-5H,1-3H3. The molecule has 0 amide bonds. The highest BCUT2D eigenvalue weighted by Crippen LogP contribution is 2.13. The van der Waals surface area contributed by atoms with E-state index in [1.807, 2.05) is 13.8 Å². The zero-order valence-corrected chi connectivity index (χ0v) is 7.73. The number of ether oxygens (including phenoxy) is 2. The van der Waals surface area contributed by atoms with E-state index in [2.05, 4.69) is 14.4 Å². The van der Waals surface area contributed by atoms with Gasteiger partial charge in [-0.05, 0) is 19.0 Å². The maximum Gasteiger partial charge on any atom is 0.377 e. The molecule has 0 saturated heterocycles. The molecule has 0 aliphatic rings. The molecule has 0 aromatic carbocycles. The molecule has 1 aromatic rings. The third kappa shape index (κ3) is 2.47. The number of carbonyl (C=O) groups excluding carboxylic acids is 1. The number of methoxy groups -OCH3 is 1. The average Bonchev–Trinajstić information content (AvgIpc) is 2.50. The fourth-order valence-corrected chi connectivity index (χ4v) is 0.753. The molecule has 0 aliphatic heterocycles. The molecule has 0 N–H and O–H groups in total. The van der Waals surface area contributed by atoms with Gasteiger partial charge in [-0.3, -0.25) is 0 Å². The lowest BCUT2D eigenvalue weighted by Crippen LogP contribution is -2.05. The van der Waals surface area contributed by atoms with Crippen molar-refractivity contribution in [1.29, 1.82) is 0 Å². The lowest BCUT2D eigenvalue weighted by atomic mass is 10.4. The molecular weight excluding hydrogens is 174 g/mol. The Morgan fingerprint density at radius 1 is 1.62 bits per heavy atom. The van der Waals surface area contributed by atoms with Gasteiger partial charge in [0.05, 0.1) is 19.3 Å². The molecule has 13 heavy (non-hydrogen) atoms. The number of rotatable bonds is 3. The second kappa shape index (κ2) is 3.93. The van der Waals surface area contributed by atoms with Gasteiger partial charge in [0.25, 0.3) is 5.88 Å². The van der Waals surface area contributed by atoms with Crippen molar-refractivity contribution in [2.24, 2.45) is 0 Å². The van der Waals surface area contributed by atoms with Gasteiger partial charge in [-0.2, -0.15) is 0 Å². The Bertz CT molecular complexity index is 292. The van der Waals surface area contributed by atoms with Crippen molar-refractivity contribution in [2.45, 2.75) is 20.0 Å². The van der Waals surface area contributed by atoms with Gasteiger partial charge >= 0.3 is 5.97 Å². The fraction of sp³-hybridized carbons (Fsp3) is 0.500. The summed E-state index contributed by atoms with van der Waals surface area (Å²) in [5, 5.41) is 3.53. The van der Waals surface area contributed by atoms with Crippen LogP contribution in [0.3, 0.4) is 0 Å². The minimum atomic E-state index is -0.564. The number of carbonyl (C=O) groups is 1. The summed E-state index contributed by atoms with van der Waals surface area (Å²) >= 11 is 0. The summed E-state index contributed by atoms with van der Waals surface area (Å²) in [6.45, 7) is 3.71. The van der Waals surface area contributed by atoms with Crippen LogP contribution in [0, 0.1) is 0 Å². The molecule has 5 heteroatoms. The van der Waals surface area contributed by atoms with Crippen molar-refractivity contribution in [3.05, 3.63) is 11.8 Å². The summed E-state index contributed by atoms with van der Waals surface area (Å²) < 4.78 is 14.3. The highest BCUT2D eigenvalue weighted by atomic mass is 16.6. The van der Waals surface area contributed by atoms with Gasteiger partial charge in [0, 0.05) is 0 Å². The van der Waals surface area contributed by atoms with Gasteiger partial charge in [-0.1, -0.05) is 0 Å². The predicted molar refractivity (Wildman–Crippen MR) is 43.6 cm³/mol. The number of hydrogen-bond donors (Lipinski definition) is 0. The summed E-state index contributed by atoms with van der Waals surface area (Å²) in [6.07, 6.45) is -0.00408. The van der Waals surface area contributed by atoms with Gasteiger partial charge < -0.3 is 14.0 Å². The van der Waals surface area contributed by atoms with E-state index in [0.717, 1.165) is 0 Å². The van der Waals surface area contributed by atoms with Crippen molar-refractivity contribution >= 4 is 5.97 Å². The first-order valence-corrected chi connectivity index (χ1v) is 3.85. The zero-order chi connectivity index (χ0) is 9.84. The SMILES string of the molecule is COC(=O)c1cc(OC(C)C)no1. The molecular formula is C8H11NO4. The maximum absolute atomic E-state index is 10.9. The molecule has 0 fully saturated rings. The maximum atomic E-state index is 10.9. The van der Waals surface area contributed by atoms with Gasteiger partial charge in [-0.15, -0.1) is 0 Å². The third-order valence-electron chi connectivity index (χ3n) is 1.23. The van der Waals surface area contributed by atoms with Crippen LogP contribution in [0.15, 0.2) is 10.6 Å². The minimum Gasteiger partial charge on any atom is -0.473 e. The van der Waals surface area contributed by atoms with Crippen LogP contribution in [-0.4, -0.2) is 24.3 Å². The normalized spacial score (nSPS) is 10.2. The smallest absolute Gasteiger partial charge is 0.377 e. The van der Waals surface area contributed by atoms with E-state index in [4.69, 9.17) is 4.74 Å². The molecule has 0 radical (unpaired) electrons. The first-order chi connectivity index (χ1) is 6.13. The van der Waals surface area contributed by atoms with Crippen LogP contribution in [0.2, 0.25) is 0 Å². The fourth-order valence-electron chi connectivity index (χ4n) is 0.753. The molecule has 0 bridgehead atoms. The van der Waals surface area contributed by atoms with E-state index >= 15 is 0 Å².